The highest BCUT2D eigenvalue weighted by atomic mass is 32.1. The van der Waals surface area contributed by atoms with Crippen LogP contribution < -0.4 is 10.6 Å². The second-order valence-corrected chi connectivity index (χ2v) is 6.49. The van der Waals surface area contributed by atoms with Gasteiger partial charge in [0.15, 0.2) is 0 Å². The van der Waals surface area contributed by atoms with E-state index in [1.165, 1.54) is 10.1 Å². The Kier molecular flexibility index (Phi) is 4.41. The quantitative estimate of drug-likeness (QED) is 0.813. The maximum absolute atomic E-state index is 11.8. The van der Waals surface area contributed by atoms with Crippen LogP contribution in [0.25, 0.3) is 10.1 Å². The van der Waals surface area contributed by atoms with Crippen LogP contribution in [0.2, 0.25) is 0 Å². The summed E-state index contributed by atoms with van der Waals surface area (Å²) in [6.07, 6.45) is 2.65. The zero-order chi connectivity index (χ0) is 14.7. The van der Waals surface area contributed by atoms with Crippen molar-refractivity contribution in [2.45, 2.75) is 31.9 Å². The van der Waals surface area contributed by atoms with Crippen molar-refractivity contribution in [1.82, 2.24) is 10.6 Å². The lowest BCUT2D eigenvalue weighted by molar-refractivity contribution is 0.132. The minimum absolute atomic E-state index is 0.163. The topological polar surface area (TPSA) is 61.4 Å². The number of amides is 2. The van der Waals surface area contributed by atoms with Crippen molar-refractivity contribution in [1.29, 1.82) is 0 Å². The summed E-state index contributed by atoms with van der Waals surface area (Å²) in [6, 6.07) is 8.04. The van der Waals surface area contributed by atoms with E-state index in [4.69, 9.17) is 0 Å². The molecule has 1 aliphatic rings. The van der Waals surface area contributed by atoms with E-state index in [0.717, 1.165) is 24.8 Å². The van der Waals surface area contributed by atoms with Gasteiger partial charge in [0, 0.05) is 23.7 Å². The highest BCUT2D eigenvalue weighted by molar-refractivity contribution is 7.17. The second-order valence-electron chi connectivity index (χ2n) is 5.58. The monoisotopic (exact) mass is 304 g/mol. The van der Waals surface area contributed by atoms with E-state index in [1.54, 1.807) is 11.3 Å². The van der Waals surface area contributed by atoms with Gasteiger partial charge in [-0.15, -0.1) is 11.3 Å². The van der Waals surface area contributed by atoms with Gasteiger partial charge in [-0.2, -0.15) is 0 Å². The molecule has 0 aliphatic heterocycles. The molecule has 2 aromatic rings. The average Bonchev–Trinajstić information content (AvgIpc) is 3.09. The van der Waals surface area contributed by atoms with Crippen LogP contribution in [0, 0.1) is 5.92 Å². The molecule has 0 spiro atoms. The minimum atomic E-state index is -0.258. The van der Waals surface area contributed by atoms with Crippen molar-refractivity contribution in [2.75, 3.05) is 6.54 Å². The number of urea groups is 1. The van der Waals surface area contributed by atoms with Crippen molar-refractivity contribution in [2.24, 2.45) is 5.92 Å². The third-order valence-corrected chi connectivity index (χ3v) is 5.16. The van der Waals surface area contributed by atoms with Crippen molar-refractivity contribution in [3.05, 3.63) is 35.2 Å². The molecule has 3 N–H and O–H groups in total. The maximum Gasteiger partial charge on any atom is 0.315 e. The summed E-state index contributed by atoms with van der Waals surface area (Å²) >= 11 is 1.69. The van der Waals surface area contributed by atoms with Crippen LogP contribution in [0.5, 0.6) is 0 Å². The number of carbonyl (C=O) groups is 1. The van der Waals surface area contributed by atoms with E-state index >= 15 is 0 Å². The molecule has 0 bridgehead atoms. The molecule has 0 radical (unpaired) electrons. The van der Waals surface area contributed by atoms with Crippen molar-refractivity contribution in [3.63, 3.8) is 0 Å². The number of aliphatic hydroxyl groups excluding tert-OH is 1. The van der Waals surface area contributed by atoms with Crippen LogP contribution in [-0.2, 0) is 6.54 Å². The largest absolute Gasteiger partial charge is 0.393 e. The zero-order valence-corrected chi connectivity index (χ0v) is 12.7. The van der Waals surface area contributed by atoms with Gasteiger partial charge in [0.05, 0.1) is 6.10 Å². The molecule has 1 aromatic heterocycles. The second kappa shape index (κ2) is 6.45. The Morgan fingerprint density at radius 3 is 2.95 bits per heavy atom. The SMILES string of the molecule is O=C(NCc1csc2ccccc12)NC[C@H]1CCC[C@@H]1O. The van der Waals surface area contributed by atoms with Crippen molar-refractivity contribution in [3.8, 4) is 0 Å². The molecular weight excluding hydrogens is 284 g/mol. The summed E-state index contributed by atoms with van der Waals surface area (Å²) in [5, 5.41) is 18.8. The Bertz CT molecular complexity index is 626. The highest BCUT2D eigenvalue weighted by Crippen LogP contribution is 2.26. The Labute approximate surface area is 128 Å². The first-order chi connectivity index (χ1) is 10.2. The number of hydrogen-bond acceptors (Lipinski definition) is 3. The Balaban J connectivity index is 1.49. The molecule has 1 fully saturated rings. The van der Waals surface area contributed by atoms with E-state index in [-0.39, 0.29) is 18.1 Å². The van der Waals surface area contributed by atoms with Gasteiger partial charge in [-0.05, 0) is 35.2 Å². The van der Waals surface area contributed by atoms with Gasteiger partial charge in [0.25, 0.3) is 0 Å². The third kappa shape index (κ3) is 3.36. The lowest BCUT2D eigenvalue weighted by atomic mass is 10.1. The lowest BCUT2D eigenvalue weighted by Crippen LogP contribution is -2.39. The van der Waals surface area contributed by atoms with Gasteiger partial charge >= 0.3 is 6.03 Å². The van der Waals surface area contributed by atoms with Crippen LogP contribution in [0.15, 0.2) is 29.6 Å². The molecule has 1 heterocycles. The lowest BCUT2D eigenvalue weighted by Gasteiger charge is -2.15. The third-order valence-electron chi connectivity index (χ3n) is 4.14. The molecule has 1 saturated carbocycles. The average molecular weight is 304 g/mol. The van der Waals surface area contributed by atoms with Crippen LogP contribution in [0.4, 0.5) is 4.79 Å². The molecular formula is C16H20N2O2S. The number of nitrogens with one attached hydrogen (secondary N) is 2. The first-order valence-corrected chi connectivity index (χ1v) is 8.27. The molecule has 2 amide bonds. The van der Waals surface area contributed by atoms with Crippen molar-refractivity contribution >= 4 is 27.5 Å². The van der Waals surface area contributed by atoms with E-state index < -0.39 is 0 Å². The van der Waals surface area contributed by atoms with Gasteiger partial charge < -0.3 is 15.7 Å². The smallest absolute Gasteiger partial charge is 0.315 e. The van der Waals surface area contributed by atoms with E-state index in [0.29, 0.717) is 13.1 Å². The molecule has 0 unspecified atom stereocenters. The number of rotatable bonds is 4. The van der Waals surface area contributed by atoms with Crippen LogP contribution in [0.1, 0.15) is 24.8 Å². The number of aliphatic hydroxyl groups is 1. The number of carbonyl (C=O) groups excluding carboxylic acids is 1. The van der Waals surface area contributed by atoms with Crippen molar-refractivity contribution < 1.29 is 9.90 Å². The van der Waals surface area contributed by atoms with Gasteiger partial charge in [-0.1, -0.05) is 24.6 Å². The molecule has 5 heteroatoms. The molecule has 3 rings (SSSR count). The minimum Gasteiger partial charge on any atom is -0.393 e. The van der Waals surface area contributed by atoms with Gasteiger partial charge in [0.1, 0.15) is 0 Å². The molecule has 1 aromatic carbocycles. The molecule has 4 nitrogen and oxygen atoms in total. The molecule has 0 saturated heterocycles. The summed E-state index contributed by atoms with van der Waals surface area (Å²) in [7, 11) is 0. The van der Waals surface area contributed by atoms with E-state index in [1.807, 2.05) is 12.1 Å². The fraction of sp³-hybridized carbons (Fsp3) is 0.438. The fourth-order valence-electron chi connectivity index (χ4n) is 2.89. The fourth-order valence-corrected chi connectivity index (χ4v) is 3.85. The molecule has 112 valence electrons. The van der Waals surface area contributed by atoms with E-state index in [9.17, 15) is 9.90 Å². The number of hydrogen-bond donors (Lipinski definition) is 3. The van der Waals surface area contributed by atoms with Gasteiger partial charge in [-0.25, -0.2) is 4.79 Å². The van der Waals surface area contributed by atoms with Crippen LogP contribution >= 0.6 is 11.3 Å². The highest BCUT2D eigenvalue weighted by Gasteiger charge is 2.25. The molecule has 2 atom stereocenters. The summed E-state index contributed by atoms with van der Waals surface area (Å²) in [5.74, 6) is 0.206. The summed E-state index contributed by atoms with van der Waals surface area (Å²) < 4.78 is 1.24. The predicted octanol–water partition coefficient (Wildman–Crippen LogP) is 2.86. The Morgan fingerprint density at radius 1 is 1.29 bits per heavy atom. The zero-order valence-electron chi connectivity index (χ0n) is 11.8. The van der Waals surface area contributed by atoms with Gasteiger partial charge in [0.2, 0.25) is 0 Å². The summed E-state index contributed by atoms with van der Waals surface area (Å²) in [6.45, 7) is 1.08. The summed E-state index contributed by atoms with van der Waals surface area (Å²) in [5.41, 5.74) is 1.15. The number of thiophene rings is 1. The van der Waals surface area contributed by atoms with Gasteiger partial charge in [-0.3, -0.25) is 0 Å². The van der Waals surface area contributed by atoms with Crippen LogP contribution in [-0.4, -0.2) is 23.8 Å². The first-order valence-electron chi connectivity index (χ1n) is 7.39. The Hall–Kier alpha value is -1.59. The molecule has 1 aliphatic carbocycles. The van der Waals surface area contributed by atoms with E-state index in [2.05, 4.69) is 28.1 Å². The summed E-state index contributed by atoms with van der Waals surface area (Å²) in [4.78, 5) is 11.8. The predicted molar refractivity (Wildman–Crippen MR) is 85.4 cm³/mol. The van der Waals surface area contributed by atoms with Crippen LogP contribution in [0.3, 0.4) is 0 Å². The normalized spacial score (nSPS) is 21.6. The first kappa shape index (κ1) is 14.4. The molecule has 21 heavy (non-hydrogen) atoms. The number of fused-ring (bicyclic) bond motifs is 1. The standard InChI is InChI=1S/C16H20N2O2S/c19-14-6-3-4-11(14)8-17-16(20)18-9-12-10-21-15-7-2-1-5-13(12)15/h1-2,5,7,10-11,14,19H,3-4,6,8-9H2,(H2,17,18,20)/t11-,14+/m1/s1. The Morgan fingerprint density at radius 2 is 2.14 bits per heavy atom. The maximum atomic E-state index is 11.8. The number of benzene rings is 1.